The van der Waals surface area contributed by atoms with Crippen molar-refractivity contribution in [2.75, 3.05) is 19.7 Å². The second-order valence-corrected chi connectivity index (χ2v) is 6.14. The molecule has 5 heteroatoms. The Kier molecular flexibility index (Phi) is 7.59. The van der Waals surface area contributed by atoms with Crippen molar-refractivity contribution in [3.63, 3.8) is 0 Å². The van der Waals surface area contributed by atoms with E-state index in [-0.39, 0.29) is 31.0 Å². The number of carbonyl (C=O) groups excluding carboxylic acids is 2. The first-order valence-corrected chi connectivity index (χ1v) is 8.13. The van der Waals surface area contributed by atoms with Crippen molar-refractivity contribution < 1.29 is 14.3 Å². The van der Waals surface area contributed by atoms with Crippen molar-refractivity contribution in [2.24, 2.45) is 0 Å². The Balaban J connectivity index is 2.51. The van der Waals surface area contributed by atoms with Crippen LogP contribution in [0, 0.1) is 0 Å². The molecule has 1 N–H and O–H groups in total. The molecule has 0 unspecified atom stereocenters. The summed E-state index contributed by atoms with van der Waals surface area (Å²) in [6, 6.07) is 7.79. The monoisotopic (exact) mass is 320 g/mol. The van der Waals surface area contributed by atoms with E-state index in [0.717, 1.165) is 0 Å². The Morgan fingerprint density at radius 1 is 1.13 bits per heavy atom. The van der Waals surface area contributed by atoms with Crippen LogP contribution in [0.5, 0.6) is 5.75 Å². The number of carbonyl (C=O) groups is 2. The maximum Gasteiger partial charge on any atom is 0.260 e. The van der Waals surface area contributed by atoms with Gasteiger partial charge in [0.25, 0.3) is 5.91 Å². The molecule has 0 bridgehead atoms. The molecule has 23 heavy (non-hydrogen) atoms. The second kappa shape index (κ2) is 9.18. The van der Waals surface area contributed by atoms with Crippen molar-refractivity contribution in [3.05, 3.63) is 29.8 Å². The average molecular weight is 320 g/mol. The van der Waals surface area contributed by atoms with Gasteiger partial charge in [0.2, 0.25) is 5.91 Å². The number of ether oxygens (including phenoxy) is 1. The maximum absolute atomic E-state index is 12.2. The topological polar surface area (TPSA) is 58.6 Å². The van der Waals surface area contributed by atoms with Gasteiger partial charge in [0.05, 0.1) is 6.54 Å². The van der Waals surface area contributed by atoms with Gasteiger partial charge in [-0.25, -0.2) is 0 Å². The van der Waals surface area contributed by atoms with Crippen LogP contribution < -0.4 is 10.1 Å². The zero-order chi connectivity index (χ0) is 17.4. The minimum Gasteiger partial charge on any atom is -0.484 e. The fourth-order valence-electron chi connectivity index (χ4n) is 2.10. The highest BCUT2D eigenvalue weighted by molar-refractivity contribution is 5.85. The lowest BCUT2D eigenvalue weighted by atomic mass is 10.0. The van der Waals surface area contributed by atoms with Crippen LogP contribution in [0.1, 0.15) is 46.1 Å². The predicted octanol–water partition coefficient (Wildman–Crippen LogP) is 2.56. The Hall–Kier alpha value is -2.04. The van der Waals surface area contributed by atoms with Crippen molar-refractivity contribution >= 4 is 11.8 Å². The van der Waals surface area contributed by atoms with E-state index in [2.05, 4.69) is 19.2 Å². The van der Waals surface area contributed by atoms with Crippen molar-refractivity contribution in [1.82, 2.24) is 10.2 Å². The molecule has 0 aliphatic carbocycles. The lowest BCUT2D eigenvalue weighted by Gasteiger charge is -2.21. The van der Waals surface area contributed by atoms with Gasteiger partial charge in [0, 0.05) is 12.6 Å². The standard InChI is InChI=1S/C18H28N2O3/c1-6-20(11-17(21)19-14(4)5)18(22)12-23-16-9-7-15(8-10-16)13(2)3/h7-10,13-14H,6,11-12H2,1-5H3,(H,19,21). The van der Waals surface area contributed by atoms with E-state index in [1.807, 2.05) is 45.0 Å². The van der Waals surface area contributed by atoms with Crippen LogP contribution in [-0.2, 0) is 9.59 Å². The first-order valence-electron chi connectivity index (χ1n) is 8.13. The molecular formula is C18H28N2O3. The summed E-state index contributed by atoms with van der Waals surface area (Å²) in [5.41, 5.74) is 1.23. The summed E-state index contributed by atoms with van der Waals surface area (Å²) in [5, 5.41) is 2.78. The van der Waals surface area contributed by atoms with E-state index in [0.29, 0.717) is 18.2 Å². The highest BCUT2D eigenvalue weighted by Gasteiger charge is 2.16. The number of hydrogen-bond donors (Lipinski definition) is 1. The Morgan fingerprint density at radius 3 is 2.22 bits per heavy atom. The number of amides is 2. The fourth-order valence-corrected chi connectivity index (χ4v) is 2.10. The second-order valence-electron chi connectivity index (χ2n) is 6.14. The number of benzene rings is 1. The molecule has 0 heterocycles. The molecule has 0 aliphatic heterocycles. The van der Waals surface area contributed by atoms with Crippen LogP contribution >= 0.6 is 0 Å². The number of rotatable bonds is 8. The SMILES string of the molecule is CCN(CC(=O)NC(C)C)C(=O)COc1ccc(C(C)C)cc1. The molecule has 1 aromatic carbocycles. The lowest BCUT2D eigenvalue weighted by molar-refractivity contribution is -0.137. The lowest BCUT2D eigenvalue weighted by Crippen LogP contribution is -2.44. The zero-order valence-electron chi connectivity index (χ0n) is 14.8. The van der Waals surface area contributed by atoms with Gasteiger partial charge in [-0.2, -0.15) is 0 Å². The molecule has 128 valence electrons. The van der Waals surface area contributed by atoms with E-state index < -0.39 is 0 Å². The Bertz CT molecular complexity index is 510. The summed E-state index contributed by atoms with van der Waals surface area (Å²) >= 11 is 0. The Morgan fingerprint density at radius 2 is 1.74 bits per heavy atom. The van der Waals surface area contributed by atoms with Gasteiger partial charge in [0.15, 0.2) is 6.61 Å². The van der Waals surface area contributed by atoms with Gasteiger partial charge in [-0.1, -0.05) is 26.0 Å². The summed E-state index contributed by atoms with van der Waals surface area (Å²) in [6.07, 6.45) is 0. The summed E-state index contributed by atoms with van der Waals surface area (Å²) < 4.78 is 5.53. The molecule has 0 atom stereocenters. The molecule has 0 saturated heterocycles. The number of likely N-dealkylation sites (N-methyl/N-ethyl adjacent to an activating group) is 1. The van der Waals surface area contributed by atoms with Gasteiger partial charge in [-0.15, -0.1) is 0 Å². The van der Waals surface area contributed by atoms with Crippen molar-refractivity contribution in [1.29, 1.82) is 0 Å². The molecule has 0 aromatic heterocycles. The molecule has 1 aromatic rings. The summed E-state index contributed by atoms with van der Waals surface area (Å²) in [7, 11) is 0. The van der Waals surface area contributed by atoms with Crippen LogP contribution in [0.3, 0.4) is 0 Å². The quantitative estimate of drug-likeness (QED) is 0.801. The van der Waals surface area contributed by atoms with E-state index in [1.165, 1.54) is 10.5 Å². The number of nitrogens with zero attached hydrogens (tertiary/aromatic N) is 1. The van der Waals surface area contributed by atoms with E-state index in [4.69, 9.17) is 4.74 Å². The average Bonchev–Trinajstić information content (AvgIpc) is 2.49. The minimum absolute atomic E-state index is 0.0587. The van der Waals surface area contributed by atoms with Gasteiger partial charge in [-0.05, 0) is 44.4 Å². The number of nitrogens with one attached hydrogen (secondary N) is 1. The molecule has 0 saturated carbocycles. The predicted molar refractivity (Wildman–Crippen MR) is 91.6 cm³/mol. The van der Waals surface area contributed by atoms with E-state index in [9.17, 15) is 9.59 Å². The van der Waals surface area contributed by atoms with Crippen LogP contribution in [0.4, 0.5) is 0 Å². The van der Waals surface area contributed by atoms with Gasteiger partial charge >= 0.3 is 0 Å². The van der Waals surface area contributed by atoms with E-state index in [1.54, 1.807) is 0 Å². The molecular weight excluding hydrogens is 292 g/mol. The summed E-state index contributed by atoms with van der Waals surface area (Å²) in [5.74, 6) is 0.766. The zero-order valence-corrected chi connectivity index (χ0v) is 14.8. The molecule has 5 nitrogen and oxygen atoms in total. The molecule has 0 aliphatic rings. The third-order valence-electron chi connectivity index (χ3n) is 3.43. The fraction of sp³-hybridized carbons (Fsp3) is 0.556. The molecule has 2 amide bonds. The smallest absolute Gasteiger partial charge is 0.260 e. The summed E-state index contributed by atoms with van der Waals surface area (Å²) in [6.45, 7) is 10.3. The first kappa shape index (κ1) is 19.0. The van der Waals surface area contributed by atoms with Gasteiger partial charge < -0.3 is 15.0 Å². The van der Waals surface area contributed by atoms with Crippen LogP contribution in [0.25, 0.3) is 0 Å². The third kappa shape index (κ3) is 6.72. The van der Waals surface area contributed by atoms with Crippen molar-refractivity contribution in [3.8, 4) is 5.75 Å². The molecule has 1 rings (SSSR count). The van der Waals surface area contributed by atoms with Gasteiger partial charge in [-0.3, -0.25) is 9.59 Å². The van der Waals surface area contributed by atoms with Crippen LogP contribution in [0.2, 0.25) is 0 Å². The largest absolute Gasteiger partial charge is 0.484 e. The minimum atomic E-state index is -0.195. The normalized spacial score (nSPS) is 10.7. The summed E-state index contributed by atoms with van der Waals surface area (Å²) in [4.78, 5) is 25.4. The molecule has 0 spiro atoms. The third-order valence-corrected chi connectivity index (χ3v) is 3.43. The maximum atomic E-state index is 12.2. The van der Waals surface area contributed by atoms with Crippen molar-refractivity contribution in [2.45, 2.75) is 46.6 Å². The molecule has 0 radical (unpaired) electrons. The first-order chi connectivity index (χ1) is 10.8. The highest BCUT2D eigenvalue weighted by atomic mass is 16.5. The van der Waals surface area contributed by atoms with E-state index >= 15 is 0 Å². The van der Waals surface area contributed by atoms with Crippen LogP contribution in [-0.4, -0.2) is 42.5 Å². The molecule has 0 fully saturated rings. The van der Waals surface area contributed by atoms with Gasteiger partial charge in [0.1, 0.15) is 5.75 Å². The number of hydrogen-bond acceptors (Lipinski definition) is 3. The van der Waals surface area contributed by atoms with Crippen LogP contribution in [0.15, 0.2) is 24.3 Å². The highest BCUT2D eigenvalue weighted by Crippen LogP contribution is 2.18. The Labute approximate surface area is 139 Å².